The van der Waals surface area contributed by atoms with Crippen LogP contribution in [-0.4, -0.2) is 10.2 Å². The van der Waals surface area contributed by atoms with Crippen LogP contribution >= 0.6 is 34.8 Å². The van der Waals surface area contributed by atoms with Crippen LogP contribution in [-0.2, 0) is 6.61 Å². The predicted octanol–water partition coefficient (Wildman–Crippen LogP) is 4.02. The van der Waals surface area contributed by atoms with Gasteiger partial charge in [0.1, 0.15) is 6.61 Å². The van der Waals surface area contributed by atoms with Crippen molar-refractivity contribution in [3.8, 4) is 5.75 Å². The van der Waals surface area contributed by atoms with Crippen molar-refractivity contribution < 1.29 is 4.74 Å². The molecule has 1 heterocycles. The van der Waals surface area contributed by atoms with Gasteiger partial charge in [-0.2, -0.15) is 0 Å². The normalized spacial score (nSPS) is 10.3. The highest BCUT2D eigenvalue weighted by atomic mass is 35.5. The monoisotopic (exact) mass is 288 g/mol. The summed E-state index contributed by atoms with van der Waals surface area (Å²) < 4.78 is 5.48. The number of aromatic nitrogens is 2. The molecule has 0 spiro atoms. The first-order valence-corrected chi connectivity index (χ1v) is 5.84. The quantitative estimate of drug-likeness (QED) is 0.856. The second kappa shape index (κ2) is 5.54. The zero-order valence-electron chi connectivity index (χ0n) is 8.53. The van der Waals surface area contributed by atoms with Crippen LogP contribution in [0.4, 0.5) is 0 Å². The second-order valence-corrected chi connectivity index (χ2v) is 4.42. The van der Waals surface area contributed by atoms with Gasteiger partial charge in [0.05, 0.1) is 0 Å². The summed E-state index contributed by atoms with van der Waals surface area (Å²) in [4.78, 5) is 0. The second-order valence-electron chi connectivity index (χ2n) is 3.24. The van der Waals surface area contributed by atoms with Crippen molar-refractivity contribution in [1.29, 1.82) is 0 Å². The molecule has 0 atom stereocenters. The number of halogens is 3. The number of hydrogen-bond donors (Lipinski definition) is 0. The summed E-state index contributed by atoms with van der Waals surface area (Å²) >= 11 is 17.4. The molecule has 0 fully saturated rings. The van der Waals surface area contributed by atoms with Crippen LogP contribution in [0, 0.1) is 0 Å². The van der Waals surface area contributed by atoms with Crippen LogP contribution in [0.2, 0.25) is 15.3 Å². The average molecular weight is 290 g/mol. The number of nitrogens with zero attached hydrogens (tertiary/aromatic N) is 2. The van der Waals surface area contributed by atoms with Gasteiger partial charge in [0.15, 0.2) is 16.1 Å². The highest BCUT2D eigenvalue weighted by molar-refractivity contribution is 6.32. The summed E-state index contributed by atoms with van der Waals surface area (Å²) in [5.74, 6) is 0.395. The molecule has 1 aromatic heterocycles. The van der Waals surface area contributed by atoms with E-state index in [2.05, 4.69) is 10.2 Å². The van der Waals surface area contributed by atoms with Gasteiger partial charge in [0.25, 0.3) is 0 Å². The highest BCUT2D eigenvalue weighted by Gasteiger charge is 2.05. The molecule has 0 bridgehead atoms. The van der Waals surface area contributed by atoms with Crippen LogP contribution in [0.15, 0.2) is 30.3 Å². The van der Waals surface area contributed by atoms with E-state index in [1.807, 2.05) is 18.2 Å². The van der Waals surface area contributed by atoms with Gasteiger partial charge in [-0.1, -0.05) is 46.9 Å². The van der Waals surface area contributed by atoms with E-state index in [9.17, 15) is 0 Å². The van der Waals surface area contributed by atoms with E-state index >= 15 is 0 Å². The molecule has 0 saturated carbocycles. The molecule has 2 rings (SSSR count). The lowest BCUT2D eigenvalue weighted by atomic mass is 10.2. The molecule has 0 saturated heterocycles. The van der Waals surface area contributed by atoms with Gasteiger partial charge in [-0.15, -0.1) is 10.2 Å². The van der Waals surface area contributed by atoms with E-state index in [1.165, 1.54) is 6.07 Å². The molecule has 88 valence electrons. The standard InChI is InChI=1S/C11H7Cl3N2O/c12-8-3-1-2-7(4-8)6-17-9-5-10(13)15-16-11(9)14/h1-5H,6H2. The number of hydrogen-bond acceptors (Lipinski definition) is 3. The fourth-order valence-corrected chi connectivity index (χ4v) is 1.72. The smallest absolute Gasteiger partial charge is 0.193 e. The van der Waals surface area contributed by atoms with Crippen molar-refractivity contribution in [2.75, 3.05) is 0 Å². The minimum Gasteiger partial charge on any atom is -0.485 e. The van der Waals surface area contributed by atoms with Crippen molar-refractivity contribution in [3.05, 3.63) is 51.2 Å². The zero-order chi connectivity index (χ0) is 12.3. The molecule has 0 aliphatic rings. The lowest BCUT2D eigenvalue weighted by Gasteiger charge is -2.07. The fraction of sp³-hybridized carbons (Fsp3) is 0.0909. The first-order valence-electron chi connectivity index (χ1n) is 4.71. The van der Waals surface area contributed by atoms with E-state index in [0.717, 1.165) is 5.56 Å². The molecule has 0 unspecified atom stereocenters. The Balaban J connectivity index is 2.09. The van der Waals surface area contributed by atoms with Gasteiger partial charge < -0.3 is 4.74 Å². The van der Waals surface area contributed by atoms with E-state index in [0.29, 0.717) is 17.4 Å². The maximum absolute atomic E-state index is 5.86. The van der Waals surface area contributed by atoms with E-state index in [1.54, 1.807) is 6.07 Å². The van der Waals surface area contributed by atoms with Gasteiger partial charge >= 0.3 is 0 Å². The number of rotatable bonds is 3. The Hall–Kier alpha value is -1.03. The largest absolute Gasteiger partial charge is 0.485 e. The minimum absolute atomic E-state index is 0.177. The molecule has 0 radical (unpaired) electrons. The van der Waals surface area contributed by atoms with Gasteiger partial charge in [-0.05, 0) is 17.7 Å². The highest BCUT2D eigenvalue weighted by Crippen LogP contribution is 2.24. The third-order valence-electron chi connectivity index (χ3n) is 1.97. The van der Waals surface area contributed by atoms with Crippen molar-refractivity contribution >= 4 is 34.8 Å². The molecule has 0 N–H and O–H groups in total. The molecular formula is C11H7Cl3N2O. The summed E-state index contributed by atoms with van der Waals surface area (Å²) in [6, 6.07) is 8.87. The van der Waals surface area contributed by atoms with Crippen molar-refractivity contribution in [2.24, 2.45) is 0 Å². The van der Waals surface area contributed by atoms with Gasteiger partial charge in [0.2, 0.25) is 0 Å². The Morgan fingerprint density at radius 1 is 1.06 bits per heavy atom. The average Bonchev–Trinajstić information content (AvgIpc) is 2.30. The Bertz CT molecular complexity index is 534. The molecule has 6 heteroatoms. The third-order valence-corrected chi connectivity index (χ3v) is 2.65. The van der Waals surface area contributed by atoms with Crippen molar-refractivity contribution in [3.63, 3.8) is 0 Å². The fourth-order valence-electron chi connectivity index (χ4n) is 1.23. The van der Waals surface area contributed by atoms with Crippen molar-refractivity contribution in [1.82, 2.24) is 10.2 Å². The van der Waals surface area contributed by atoms with Gasteiger partial charge in [-0.25, -0.2) is 0 Å². The maximum Gasteiger partial charge on any atom is 0.193 e. The minimum atomic E-state index is 0.177. The molecule has 0 amide bonds. The van der Waals surface area contributed by atoms with Crippen LogP contribution in [0.3, 0.4) is 0 Å². The summed E-state index contributed by atoms with van der Waals surface area (Å²) in [6.45, 7) is 0.336. The number of benzene rings is 1. The molecule has 2 aromatic rings. The first-order chi connectivity index (χ1) is 8.15. The molecule has 0 aliphatic carbocycles. The van der Waals surface area contributed by atoms with E-state index in [4.69, 9.17) is 39.5 Å². The van der Waals surface area contributed by atoms with Crippen LogP contribution in [0.1, 0.15) is 5.56 Å². The Morgan fingerprint density at radius 3 is 2.65 bits per heavy atom. The van der Waals surface area contributed by atoms with Gasteiger partial charge in [0, 0.05) is 11.1 Å². The van der Waals surface area contributed by atoms with E-state index < -0.39 is 0 Å². The Morgan fingerprint density at radius 2 is 1.88 bits per heavy atom. The lowest BCUT2D eigenvalue weighted by molar-refractivity contribution is 0.304. The lowest BCUT2D eigenvalue weighted by Crippen LogP contribution is -1.97. The molecule has 1 aromatic carbocycles. The van der Waals surface area contributed by atoms with Crippen LogP contribution in [0.25, 0.3) is 0 Å². The Kier molecular flexibility index (Phi) is 4.05. The molecule has 0 aliphatic heterocycles. The number of ether oxygens (including phenoxy) is 1. The topological polar surface area (TPSA) is 35.0 Å². The van der Waals surface area contributed by atoms with Crippen molar-refractivity contribution in [2.45, 2.75) is 6.61 Å². The maximum atomic E-state index is 5.86. The summed E-state index contributed by atoms with van der Waals surface area (Å²) in [5, 5.41) is 8.30. The molecule has 3 nitrogen and oxygen atoms in total. The third kappa shape index (κ3) is 3.46. The predicted molar refractivity (Wildman–Crippen MR) is 67.8 cm³/mol. The summed E-state index contributed by atoms with van der Waals surface area (Å²) in [7, 11) is 0. The van der Waals surface area contributed by atoms with Crippen LogP contribution in [0.5, 0.6) is 5.75 Å². The van der Waals surface area contributed by atoms with Gasteiger partial charge in [-0.3, -0.25) is 0 Å². The molecule has 17 heavy (non-hydrogen) atoms. The van der Waals surface area contributed by atoms with Crippen LogP contribution < -0.4 is 4.74 Å². The Labute approximate surface area is 113 Å². The van der Waals surface area contributed by atoms with E-state index in [-0.39, 0.29) is 10.3 Å². The first kappa shape index (κ1) is 12.4. The zero-order valence-corrected chi connectivity index (χ0v) is 10.8. The summed E-state index contributed by atoms with van der Waals surface area (Å²) in [6.07, 6.45) is 0. The molecular weight excluding hydrogens is 282 g/mol. The summed E-state index contributed by atoms with van der Waals surface area (Å²) in [5.41, 5.74) is 0.932. The SMILES string of the molecule is Clc1cccc(COc2cc(Cl)nnc2Cl)c1.